The first-order valence-corrected chi connectivity index (χ1v) is 7.36. The third kappa shape index (κ3) is 3.43. The Kier molecular flexibility index (Phi) is 4.64. The Morgan fingerprint density at radius 1 is 1.38 bits per heavy atom. The number of carbonyl (C=O) groups is 1. The van der Waals surface area contributed by atoms with Gasteiger partial charge >= 0.3 is 6.09 Å². The van der Waals surface area contributed by atoms with E-state index < -0.39 is 6.09 Å². The highest BCUT2D eigenvalue weighted by Gasteiger charge is 2.18. The van der Waals surface area contributed by atoms with Gasteiger partial charge in [-0.05, 0) is 24.8 Å². The minimum atomic E-state index is -1.11. The third-order valence-corrected chi connectivity index (χ3v) is 3.41. The zero-order chi connectivity index (χ0) is 15.4. The second-order valence-electron chi connectivity index (χ2n) is 4.26. The molecule has 1 aromatic heterocycles. The summed E-state index contributed by atoms with van der Waals surface area (Å²) in [7, 11) is 1.42. The van der Waals surface area contributed by atoms with E-state index in [1.165, 1.54) is 25.0 Å². The zero-order valence-corrected chi connectivity index (χ0v) is 12.7. The predicted octanol–water partition coefficient (Wildman–Crippen LogP) is 3.41. The number of hydrogen-bond acceptors (Lipinski definition) is 5. The maximum Gasteiger partial charge on any atom is 0.411 e. The number of thioether (sulfide) groups is 1. The first-order valence-electron chi connectivity index (χ1n) is 6.14. The van der Waals surface area contributed by atoms with E-state index in [-0.39, 0.29) is 5.88 Å². The number of amides is 1. The zero-order valence-electron chi connectivity index (χ0n) is 11.9. The topological polar surface area (TPSA) is 75.6 Å². The lowest BCUT2D eigenvalue weighted by molar-refractivity contribution is 0.203. The highest BCUT2D eigenvalue weighted by atomic mass is 32.2. The van der Waals surface area contributed by atoms with Crippen molar-refractivity contribution in [2.24, 2.45) is 0 Å². The molecule has 0 bridgehead atoms. The number of nitrogens with zero attached hydrogens (tertiary/aromatic N) is 3. The van der Waals surface area contributed by atoms with Crippen LogP contribution in [0.2, 0.25) is 0 Å². The summed E-state index contributed by atoms with van der Waals surface area (Å²) in [5, 5.41) is 9.63. The molecule has 0 aliphatic heterocycles. The van der Waals surface area contributed by atoms with Crippen molar-refractivity contribution in [1.29, 1.82) is 0 Å². The summed E-state index contributed by atoms with van der Waals surface area (Å²) >= 11 is 1.36. The van der Waals surface area contributed by atoms with Gasteiger partial charge in [0.2, 0.25) is 5.88 Å². The van der Waals surface area contributed by atoms with Crippen LogP contribution < -0.4 is 9.64 Å². The van der Waals surface area contributed by atoms with E-state index in [9.17, 15) is 4.79 Å². The van der Waals surface area contributed by atoms with Gasteiger partial charge in [0.15, 0.2) is 5.16 Å². The maximum atomic E-state index is 11.1. The molecule has 0 aliphatic carbocycles. The van der Waals surface area contributed by atoms with Crippen LogP contribution in [-0.2, 0) is 0 Å². The number of para-hydroxylation sites is 1. The van der Waals surface area contributed by atoms with E-state index in [0.29, 0.717) is 16.6 Å². The van der Waals surface area contributed by atoms with E-state index in [2.05, 4.69) is 9.97 Å². The highest BCUT2D eigenvalue weighted by Crippen LogP contribution is 2.32. The second-order valence-corrected chi connectivity index (χ2v) is 5.03. The molecule has 110 valence electrons. The minimum Gasteiger partial charge on any atom is -0.465 e. The smallest absolute Gasteiger partial charge is 0.411 e. The molecular formula is C14H15N3O3S. The first-order chi connectivity index (χ1) is 10.0. The van der Waals surface area contributed by atoms with Crippen LogP contribution in [0.25, 0.3) is 0 Å². The lowest BCUT2D eigenvalue weighted by atomic mass is 10.2. The van der Waals surface area contributed by atoms with Gasteiger partial charge in [-0.3, -0.25) is 4.90 Å². The van der Waals surface area contributed by atoms with Crippen molar-refractivity contribution in [3.05, 3.63) is 36.0 Å². The van der Waals surface area contributed by atoms with Crippen molar-refractivity contribution in [1.82, 2.24) is 9.97 Å². The van der Waals surface area contributed by atoms with Gasteiger partial charge in [0.05, 0.1) is 6.20 Å². The van der Waals surface area contributed by atoms with Crippen LogP contribution in [0, 0.1) is 6.92 Å². The Bertz CT molecular complexity index is 664. The number of benzene rings is 1. The molecule has 0 saturated heterocycles. The van der Waals surface area contributed by atoms with Crippen molar-refractivity contribution in [3.63, 3.8) is 0 Å². The van der Waals surface area contributed by atoms with E-state index in [1.54, 1.807) is 6.07 Å². The van der Waals surface area contributed by atoms with Crippen molar-refractivity contribution >= 4 is 23.5 Å². The van der Waals surface area contributed by atoms with Crippen molar-refractivity contribution in [2.75, 3.05) is 18.2 Å². The summed E-state index contributed by atoms with van der Waals surface area (Å²) < 4.78 is 5.78. The number of hydrogen-bond donors (Lipinski definition) is 1. The standard InChI is InChI=1S/C14H15N3O3S/c1-9-6-4-5-7-11(9)20-12-10(17(2)14(18)19)8-15-13(16-12)21-3/h4-8H,1-3H3,(H,18,19). The summed E-state index contributed by atoms with van der Waals surface area (Å²) in [6, 6.07) is 7.46. The Balaban J connectivity index is 2.44. The summed E-state index contributed by atoms with van der Waals surface area (Å²) in [5.74, 6) is 0.844. The molecule has 1 aromatic carbocycles. The van der Waals surface area contributed by atoms with Gasteiger partial charge in [-0.1, -0.05) is 30.0 Å². The number of rotatable bonds is 4. The molecule has 1 heterocycles. The lowest BCUT2D eigenvalue weighted by Crippen LogP contribution is -2.24. The van der Waals surface area contributed by atoms with Crippen LogP contribution in [0.4, 0.5) is 10.5 Å². The quantitative estimate of drug-likeness (QED) is 0.689. The monoisotopic (exact) mass is 305 g/mol. The van der Waals surface area contributed by atoms with Crippen LogP contribution in [0.3, 0.4) is 0 Å². The predicted molar refractivity (Wildman–Crippen MR) is 81.5 cm³/mol. The summed E-state index contributed by atoms with van der Waals surface area (Å²) in [6.45, 7) is 1.91. The largest absolute Gasteiger partial charge is 0.465 e. The molecule has 0 saturated carbocycles. The van der Waals surface area contributed by atoms with Gasteiger partial charge in [0.25, 0.3) is 0 Å². The Labute approximate surface area is 126 Å². The summed E-state index contributed by atoms with van der Waals surface area (Å²) in [4.78, 5) is 20.5. The Hall–Kier alpha value is -2.28. The molecule has 1 amide bonds. The van der Waals surface area contributed by atoms with Gasteiger partial charge < -0.3 is 9.84 Å². The minimum absolute atomic E-state index is 0.216. The molecule has 0 aliphatic rings. The van der Waals surface area contributed by atoms with E-state index in [0.717, 1.165) is 10.5 Å². The summed E-state index contributed by atoms with van der Waals surface area (Å²) in [6.07, 6.45) is 2.18. The fourth-order valence-electron chi connectivity index (χ4n) is 1.63. The molecule has 7 heteroatoms. The Morgan fingerprint density at radius 3 is 2.71 bits per heavy atom. The average Bonchev–Trinajstić information content (AvgIpc) is 2.48. The molecule has 2 rings (SSSR count). The van der Waals surface area contributed by atoms with Gasteiger partial charge in [0.1, 0.15) is 11.4 Å². The second kappa shape index (κ2) is 6.45. The van der Waals surface area contributed by atoms with Crippen LogP contribution in [0.1, 0.15) is 5.56 Å². The third-order valence-electron chi connectivity index (χ3n) is 2.84. The molecular weight excluding hydrogens is 290 g/mol. The van der Waals surface area contributed by atoms with Crippen LogP contribution in [0.5, 0.6) is 11.6 Å². The number of ether oxygens (including phenoxy) is 1. The SMILES string of the molecule is CSc1ncc(N(C)C(=O)O)c(Oc2ccccc2C)n1. The molecule has 0 fully saturated rings. The number of anilines is 1. The molecule has 2 aromatic rings. The molecule has 21 heavy (non-hydrogen) atoms. The van der Waals surface area contributed by atoms with E-state index in [1.807, 2.05) is 31.4 Å². The number of carboxylic acid groups (broad SMARTS) is 1. The number of aromatic nitrogens is 2. The van der Waals surface area contributed by atoms with Crippen molar-refractivity contribution in [3.8, 4) is 11.6 Å². The molecule has 0 radical (unpaired) electrons. The van der Waals surface area contributed by atoms with E-state index in [4.69, 9.17) is 9.84 Å². The van der Waals surface area contributed by atoms with Gasteiger partial charge in [0, 0.05) is 7.05 Å². The van der Waals surface area contributed by atoms with Crippen molar-refractivity contribution < 1.29 is 14.6 Å². The van der Waals surface area contributed by atoms with Gasteiger partial charge in [-0.25, -0.2) is 9.78 Å². The van der Waals surface area contributed by atoms with Crippen molar-refractivity contribution in [2.45, 2.75) is 12.1 Å². The molecule has 1 N–H and O–H groups in total. The van der Waals surface area contributed by atoms with Crippen LogP contribution in [0.15, 0.2) is 35.6 Å². The number of aryl methyl sites for hydroxylation is 1. The Morgan fingerprint density at radius 2 is 2.10 bits per heavy atom. The highest BCUT2D eigenvalue weighted by molar-refractivity contribution is 7.98. The maximum absolute atomic E-state index is 11.1. The van der Waals surface area contributed by atoms with Crippen LogP contribution in [-0.4, -0.2) is 34.5 Å². The molecule has 0 unspecified atom stereocenters. The lowest BCUT2D eigenvalue weighted by Gasteiger charge is -2.17. The normalized spacial score (nSPS) is 10.2. The van der Waals surface area contributed by atoms with Crippen LogP contribution >= 0.6 is 11.8 Å². The molecule has 6 nitrogen and oxygen atoms in total. The fourth-order valence-corrected chi connectivity index (χ4v) is 1.96. The summed E-state index contributed by atoms with van der Waals surface area (Å²) in [5.41, 5.74) is 1.23. The van der Waals surface area contributed by atoms with Gasteiger partial charge in [-0.2, -0.15) is 4.98 Å². The molecule has 0 atom stereocenters. The van der Waals surface area contributed by atoms with Gasteiger partial charge in [-0.15, -0.1) is 0 Å². The first kappa shape index (κ1) is 15.1. The average molecular weight is 305 g/mol. The van der Waals surface area contributed by atoms with E-state index >= 15 is 0 Å². The fraction of sp³-hybridized carbons (Fsp3) is 0.214. The molecule has 0 spiro atoms.